The molecule has 0 radical (unpaired) electrons. The summed E-state index contributed by atoms with van der Waals surface area (Å²) in [5, 5.41) is 10.0. The van der Waals surface area contributed by atoms with E-state index in [1.807, 2.05) is 19.1 Å². The van der Waals surface area contributed by atoms with E-state index < -0.39 is 17.5 Å². The van der Waals surface area contributed by atoms with Gasteiger partial charge in [-0.2, -0.15) is 0 Å². The van der Waals surface area contributed by atoms with Crippen molar-refractivity contribution in [3.8, 4) is 11.5 Å². The molecule has 5 heteroatoms. The van der Waals surface area contributed by atoms with Crippen LogP contribution in [0.2, 0.25) is 0 Å². The first-order valence-corrected chi connectivity index (χ1v) is 12.2. The SMILES string of the molecule is CCCc1ccc2c(c1)[C@H]1O[C@@H](CCc3ccc(OCC)cc3)[C@H](C(=O)O)C[C@@H]1C(C)(C)O2. The zero-order valence-corrected chi connectivity index (χ0v) is 20.2. The maximum absolute atomic E-state index is 12.2. The van der Waals surface area contributed by atoms with Gasteiger partial charge in [0.2, 0.25) is 0 Å². The molecule has 178 valence electrons. The number of aryl methyl sites for hydroxylation is 2. The van der Waals surface area contributed by atoms with Crippen LogP contribution in [0.25, 0.3) is 0 Å². The lowest BCUT2D eigenvalue weighted by molar-refractivity contribution is -0.188. The van der Waals surface area contributed by atoms with Crippen LogP contribution in [0.5, 0.6) is 11.5 Å². The Morgan fingerprint density at radius 3 is 2.48 bits per heavy atom. The van der Waals surface area contributed by atoms with E-state index in [0.717, 1.165) is 41.9 Å². The minimum absolute atomic E-state index is 0.00953. The Bertz CT molecular complexity index is 965. The first-order chi connectivity index (χ1) is 15.8. The third-order valence-electron chi connectivity index (χ3n) is 7.10. The molecule has 2 aromatic carbocycles. The lowest BCUT2D eigenvalue weighted by atomic mass is 9.71. The van der Waals surface area contributed by atoms with E-state index in [2.05, 4.69) is 51.1 Å². The molecule has 0 saturated carbocycles. The molecule has 5 nitrogen and oxygen atoms in total. The number of carboxylic acids is 1. The molecule has 1 N–H and O–H groups in total. The topological polar surface area (TPSA) is 65.0 Å². The van der Waals surface area contributed by atoms with E-state index in [4.69, 9.17) is 14.2 Å². The zero-order valence-electron chi connectivity index (χ0n) is 20.2. The number of hydrogen-bond acceptors (Lipinski definition) is 4. The fourth-order valence-electron chi connectivity index (χ4n) is 5.34. The van der Waals surface area contributed by atoms with Crippen molar-refractivity contribution in [3.05, 3.63) is 59.2 Å². The zero-order chi connectivity index (χ0) is 23.6. The molecule has 4 atom stereocenters. The van der Waals surface area contributed by atoms with E-state index in [9.17, 15) is 9.90 Å². The highest BCUT2D eigenvalue weighted by Crippen LogP contribution is 2.52. The van der Waals surface area contributed by atoms with Crippen LogP contribution in [-0.4, -0.2) is 29.4 Å². The number of hydrogen-bond donors (Lipinski definition) is 1. The maximum Gasteiger partial charge on any atom is 0.309 e. The molecule has 0 bridgehead atoms. The van der Waals surface area contributed by atoms with E-state index >= 15 is 0 Å². The molecule has 0 amide bonds. The smallest absolute Gasteiger partial charge is 0.309 e. The molecule has 0 aliphatic carbocycles. The molecule has 2 aromatic rings. The van der Waals surface area contributed by atoms with E-state index in [1.165, 1.54) is 5.56 Å². The highest BCUT2D eigenvalue weighted by atomic mass is 16.5. The Morgan fingerprint density at radius 1 is 1.09 bits per heavy atom. The van der Waals surface area contributed by atoms with E-state index in [-0.39, 0.29) is 18.1 Å². The first kappa shape index (κ1) is 23.6. The minimum atomic E-state index is -0.786. The van der Waals surface area contributed by atoms with Crippen molar-refractivity contribution in [2.24, 2.45) is 11.8 Å². The Labute approximate surface area is 197 Å². The van der Waals surface area contributed by atoms with Crippen molar-refractivity contribution in [1.29, 1.82) is 0 Å². The molecule has 2 aliphatic rings. The monoisotopic (exact) mass is 452 g/mol. The predicted molar refractivity (Wildman–Crippen MR) is 128 cm³/mol. The Hall–Kier alpha value is -2.53. The summed E-state index contributed by atoms with van der Waals surface area (Å²) in [4.78, 5) is 12.2. The Balaban J connectivity index is 1.57. The fraction of sp³-hybridized carbons (Fsp3) is 0.536. The van der Waals surface area contributed by atoms with Crippen molar-refractivity contribution in [3.63, 3.8) is 0 Å². The summed E-state index contributed by atoms with van der Waals surface area (Å²) >= 11 is 0. The van der Waals surface area contributed by atoms with Gasteiger partial charge in [-0.25, -0.2) is 0 Å². The van der Waals surface area contributed by atoms with Crippen molar-refractivity contribution < 1.29 is 24.1 Å². The lowest BCUT2D eigenvalue weighted by Gasteiger charge is -2.50. The molecule has 4 rings (SSSR count). The molecule has 0 unspecified atom stereocenters. The van der Waals surface area contributed by atoms with Crippen LogP contribution in [0.3, 0.4) is 0 Å². The molecular weight excluding hydrogens is 416 g/mol. The summed E-state index contributed by atoms with van der Waals surface area (Å²) in [6, 6.07) is 14.4. The number of aliphatic carboxylic acids is 1. The van der Waals surface area contributed by atoms with Gasteiger partial charge in [0.05, 0.1) is 24.7 Å². The van der Waals surface area contributed by atoms with Crippen molar-refractivity contribution in [1.82, 2.24) is 0 Å². The van der Waals surface area contributed by atoms with Gasteiger partial charge in [0.15, 0.2) is 0 Å². The Kier molecular flexibility index (Phi) is 6.99. The third-order valence-corrected chi connectivity index (χ3v) is 7.10. The molecule has 1 saturated heterocycles. The maximum atomic E-state index is 12.2. The third kappa shape index (κ3) is 5.03. The van der Waals surface area contributed by atoms with Gasteiger partial charge in [0.25, 0.3) is 0 Å². The molecule has 0 aromatic heterocycles. The molecular formula is C28H36O5. The summed E-state index contributed by atoms with van der Waals surface area (Å²) in [6.45, 7) is 8.88. The summed E-state index contributed by atoms with van der Waals surface area (Å²) in [6.07, 6.45) is 3.57. The Morgan fingerprint density at radius 2 is 1.82 bits per heavy atom. The van der Waals surface area contributed by atoms with E-state index in [1.54, 1.807) is 0 Å². The second kappa shape index (κ2) is 9.76. The molecule has 1 fully saturated rings. The molecule has 33 heavy (non-hydrogen) atoms. The standard InChI is InChI=1S/C28H36O5/c1-5-7-19-11-15-25-21(16-19)26-23(28(3,4)33-25)17-22(27(29)30)24(32-26)14-10-18-8-12-20(13-9-18)31-6-2/h8-9,11-13,15-16,22-24,26H,5-7,10,14,17H2,1-4H3,(H,29,30)/t22-,23+,24+,26-/m1/s1. The van der Waals surface area contributed by atoms with Crippen molar-refractivity contribution in [2.45, 2.75) is 77.6 Å². The van der Waals surface area contributed by atoms with Gasteiger partial charge in [-0.15, -0.1) is 0 Å². The molecule has 0 spiro atoms. The highest BCUT2D eigenvalue weighted by Gasteiger charge is 2.51. The van der Waals surface area contributed by atoms with Crippen molar-refractivity contribution in [2.75, 3.05) is 6.61 Å². The molecule has 2 aliphatic heterocycles. The molecule has 2 heterocycles. The van der Waals surface area contributed by atoms with Gasteiger partial charge in [0, 0.05) is 11.5 Å². The number of fused-ring (bicyclic) bond motifs is 3. The van der Waals surface area contributed by atoms with Crippen LogP contribution in [0.1, 0.15) is 69.8 Å². The fourth-order valence-corrected chi connectivity index (χ4v) is 5.34. The average Bonchev–Trinajstić information content (AvgIpc) is 2.78. The highest BCUT2D eigenvalue weighted by molar-refractivity contribution is 5.71. The normalized spacial score (nSPS) is 25.5. The predicted octanol–water partition coefficient (Wildman–Crippen LogP) is 5.99. The minimum Gasteiger partial charge on any atom is -0.494 e. The summed E-state index contributed by atoms with van der Waals surface area (Å²) in [5.41, 5.74) is 3.01. The van der Waals surface area contributed by atoms with Crippen LogP contribution in [-0.2, 0) is 22.4 Å². The van der Waals surface area contributed by atoms with Crippen LogP contribution in [0, 0.1) is 11.8 Å². The summed E-state index contributed by atoms with van der Waals surface area (Å²) in [7, 11) is 0. The van der Waals surface area contributed by atoms with Crippen LogP contribution in [0.15, 0.2) is 42.5 Å². The average molecular weight is 453 g/mol. The lowest BCUT2D eigenvalue weighted by Crippen LogP contribution is -2.52. The van der Waals surface area contributed by atoms with E-state index in [0.29, 0.717) is 19.4 Å². The second-order valence-electron chi connectivity index (χ2n) is 9.83. The number of benzene rings is 2. The van der Waals surface area contributed by atoms with Gasteiger partial charge >= 0.3 is 5.97 Å². The number of ether oxygens (including phenoxy) is 3. The van der Waals surface area contributed by atoms with Crippen molar-refractivity contribution >= 4 is 5.97 Å². The first-order valence-electron chi connectivity index (χ1n) is 12.2. The summed E-state index contributed by atoms with van der Waals surface area (Å²) < 4.78 is 18.5. The van der Waals surface area contributed by atoms with Gasteiger partial charge in [-0.05, 0) is 81.8 Å². The second-order valence-corrected chi connectivity index (χ2v) is 9.83. The number of carbonyl (C=O) groups is 1. The van der Waals surface area contributed by atoms with Crippen LogP contribution in [0.4, 0.5) is 0 Å². The van der Waals surface area contributed by atoms with Gasteiger partial charge in [-0.1, -0.05) is 31.5 Å². The number of rotatable bonds is 8. The van der Waals surface area contributed by atoms with Crippen LogP contribution < -0.4 is 9.47 Å². The van der Waals surface area contributed by atoms with Gasteiger partial charge < -0.3 is 19.3 Å². The van der Waals surface area contributed by atoms with Gasteiger partial charge in [0.1, 0.15) is 17.1 Å². The van der Waals surface area contributed by atoms with Gasteiger partial charge in [-0.3, -0.25) is 4.79 Å². The van der Waals surface area contributed by atoms with Crippen LogP contribution >= 0.6 is 0 Å². The summed E-state index contributed by atoms with van der Waals surface area (Å²) in [5.74, 6) is 0.374. The number of carboxylic acid groups (broad SMARTS) is 1. The largest absolute Gasteiger partial charge is 0.494 e. The quantitative estimate of drug-likeness (QED) is 0.533.